The second-order valence-corrected chi connectivity index (χ2v) is 3.95. The van der Waals surface area contributed by atoms with E-state index in [-0.39, 0.29) is 6.10 Å². The van der Waals surface area contributed by atoms with Crippen LogP contribution in [0.4, 0.5) is 0 Å². The number of hydrogen-bond acceptors (Lipinski definition) is 2. The van der Waals surface area contributed by atoms with Gasteiger partial charge in [0, 0.05) is 12.6 Å². The van der Waals surface area contributed by atoms with Crippen molar-refractivity contribution in [1.82, 2.24) is 4.90 Å². The van der Waals surface area contributed by atoms with Gasteiger partial charge in [0.05, 0.1) is 6.10 Å². The molecule has 1 aliphatic rings. The molecule has 1 fully saturated rings. The molecule has 1 saturated heterocycles. The van der Waals surface area contributed by atoms with Gasteiger partial charge < -0.3 is 10.0 Å². The largest absolute Gasteiger partial charge is 0.393 e. The molecule has 1 rings (SSSR count). The molecule has 0 radical (unpaired) electrons. The van der Waals surface area contributed by atoms with Crippen LogP contribution in [0, 0.1) is 0 Å². The molecule has 0 aromatic rings. The second kappa shape index (κ2) is 4.83. The Morgan fingerprint density at radius 2 is 2.25 bits per heavy atom. The monoisotopic (exact) mass is 171 g/mol. The summed E-state index contributed by atoms with van der Waals surface area (Å²) in [7, 11) is 2.17. The quantitative estimate of drug-likeness (QED) is 0.697. The first-order chi connectivity index (χ1) is 5.74. The van der Waals surface area contributed by atoms with Crippen molar-refractivity contribution in [3.8, 4) is 0 Å². The van der Waals surface area contributed by atoms with E-state index in [9.17, 15) is 5.11 Å². The predicted octanol–water partition coefficient (Wildman–Crippen LogP) is 1.63. The molecule has 0 saturated carbocycles. The molecule has 1 aliphatic heterocycles. The highest BCUT2D eigenvalue weighted by molar-refractivity contribution is 4.78. The van der Waals surface area contributed by atoms with Gasteiger partial charge in [-0.2, -0.15) is 0 Å². The first-order valence-corrected chi connectivity index (χ1v) is 5.12. The van der Waals surface area contributed by atoms with Crippen LogP contribution in [0.1, 0.15) is 39.0 Å². The van der Waals surface area contributed by atoms with Gasteiger partial charge in [-0.25, -0.2) is 0 Å². The number of piperidine rings is 1. The third kappa shape index (κ3) is 2.76. The van der Waals surface area contributed by atoms with Gasteiger partial charge in [0.25, 0.3) is 0 Å². The SMILES string of the molecule is CCCCC1CC(O)CCN1C. The van der Waals surface area contributed by atoms with Crippen molar-refractivity contribution in [2.45, 2.75) is 51.2 Å². The summed E-state index contributed by atoms with van der Waals surface area (Å²) in [6, 6.07) is 0.633. The first-order valence-electron chi connectivity index (χ1n) is 5.12. The fraction of sp³-hybridized carbons (Fsp3) is 1.00. The average Bonchev–Trinajstić information content (AvgIpc) is 2.07. The van der Waals surface area contributed by atoms with Crippen molar-refractivity contribution in [1.29, 1.82) is 0 Å². The average molecular weight is 171 g/mol. The van der Waals surface area contributed by atoms with E-state index in [1.807, 2.05) is 0 Å². The Bertz CT molecular complexity index is 127. The Labute approximate surface area is 75.6 Å². The van der Waals surface area contributed by atoms with E-state index in [0.29, 0.717) is 6.04 Å². The fourth-order valence-corrected chi connectivity index (χ4v) is 1.93. The summed E-state index contributed by atoms with van der Waals surface area (Å²) in [6.45, 7) is 3.29. The van der Waals surface area contributed by atoms with E-state index in [2.05, 4.69) is 18.9 Å². The summed E-state index contributed by atoms with van der Waals surface area (Å²) in [4.78, 5) is 2.39. The van der Waals surface area contributed by atoms with Crippen LogP contribution in [0.25, 0.3) is 0 Å². The number of rotatable bonds is 3. The molecule has 1 heterocycles. The number of unbranched alkanes of at least 4 members (excludes halogenated alkanes) is 1. The van der Waals surface area contributed by atoms with E-state index >= 15 is 0 Å². The molecule has 12 heavy (non-hydrogen) atoms. The number of hydrogen-bond donors (Lipinski definition) is 1. The lowest BCUT2D eigenvalue weighted by Crippen LogP contribution is -2.41. The van der Waals surface area contributed by atoms with Crippen LogP contribution >= 0.6 is 0 Å². The highest BCUT2D eigenvalue weighted by Gasteiger charge is 2.23. The zero-order valence-corrected chi connectivity index (χ0v) is 8.29. The van der Waals surface area contributed by atoms with E-state index in [1.54, 1.807) is 0 Å². The summed E-state index contributed by atoms with van der Waals surface area (Å²) < 4.78 is 0. The number of aliphatic hydroxyl groups is 1. The summed E-state index contributed by atoms with van der Waals surface area (Å²) in [5, 5.41) is 9.47. The summed E-state index contributed by atoms with van der Waals surface area (Å²) in [6.07, 6.45) is 5.71. The number of likely N-dealkylation sites (tertiary alicyclic amines) is 1. The lowest BCUT2D eigenvalue weighted by atomic mass is 9.96. The van der Waals surface area contributed by atoms with Gasteiger partial charge in [-0.1, -0.05) is 19.8 Å². The smallest absolute Gasteiger partial charge is 0.0567 e. The van der Waals surface area contributed by atoms with Crippen LogP contribution in [0.3, 0.4) is 0 Å². The van der Waals surface area contributed by atoms with Crippen molar-refractivity contribution in [2.75, 3.05) is 13.6 Å². The van der Waals surface area contributed by atoms with Gasteiger partial charge >= 0.3 is 0 Å². The number of aliphatic hydroxyl groups excluding tert-OH is 1. The molecule has 0 aliphatic carbocycles. The maximum Gasteiger partial charge on any atom is 0.0567 e. The minimum atomic E-state index is -0.0388. The van der Waals surface area contributed by atoms with E-state index < -0.39 is 0 Å². The van der Waals surface area contributed by atoms with Gasteiger partial charge in [0.15, 0.2) is 0 Å². The van der Waals surface area contributed by atoms with E-state index in [0.717, 1.165) is 19.4 Å². The second-order valence-electron chi connectivity index (χ2n) is 3.95. The van der Waals surface area contributed by atoms with Crippen LogP contribution < -0.4 is 0 Å². The van der Waals surface area contributed by atoms with Crippen LogP contribution in [0.15, 0.2) is 0 Å². The summed E-state index contributed by atoms with van der Waals surface area (Å²) in [5.41, 5.74) is 0. The molecule has 72 valence electrons. The topological polar surface area (TPSA) is 23.5 Å². The molecular weight excluding hydrogens is 150 g/mol. The Kier molecular flexibility index (Phi) is 4.02. The molecule has 1 N–H and O–H groups in total. The molecule has 0 bridgehead atoms. The lowest BCUT2D eigenvalue weighted by Gasteiger charge is -2.35. The van der Waals surface area contributed by atoms with Gasteiger partial charge in [-0.15, -0.1) is 0 Å². The molecule has 0 spiro atoms. The van der Waals surface area contributed by atoms with Crippen LogP contribution in [-0.2, 0) is 0 Å². The Morgan fingerprint density at radius 3 is 2.92 bits per heavy atom. The minimum Gasteiger partial charge on any atom is -0.393 e. The molecule has 2 nitrogen and oxygen atoms in total. The molecule has 0 aromatic carbocycles. The third-order valence-corrected chi connectivity index (χ3v) is 2.87. The summed E-state index contributed by atoms with van der Waals surface area (Å²) in [5.74, 6) is 0. The number of nitrogens with zero attached hydrogens (tertiary/aromatic N) is 1. The van der Waals surface area contributed by atoms with Crippen LogP contribution in [0.5, 0.6) is 0 Å². The Balaban J connectivity index is 2.28. The zero-order chi connectivity index (χ0) is 8.97. The predicted molar refractivity (Wildman–Crippen MR) is 51.2 cm³/mol. The molecule has 2 heteroatoms. The molecule has 2 unspecified atom stereocenters. The van der Waals surface area contributed by atoms with Crippen LogP contribution in [-0.4, -0.2) is 35.7 Å². The maximum absolute atomic E-state index is 9.47. The minimum absolute atomic E-state index is 0.0388. The van der Waals surface area contributed by atoms with Crippen molar-refractivity contribution in [3.63, 3.8) is 0 Å². The van der Waals surface area contributed by atoms with Gasteiger partial charge in [-0.3, -0.25) is 0 Å². The fourth-order valence-electron chi connectivity index (χ4n) is 1.93. The first kappa shape index (κ1) is 10.0. The Morgan fingerprint density at radius 1 is 1.50 bits per heavy atom. The third-order valence-electron chi connectivity index (χ3n) is 2.87. The Hall–Kier alpha value is -0.0800. The van der Waals surface area contributed by atoms with Crippen molar-refractivity contribution < 1.29 is 5.11 Å². The van der Waals surface area contributed by atoms with Crippen LogP contribution in [0.2, 0.25) is 0 Å². The van der Waals surface area contributed by atoms with Crippen molar-refractivity contribution >= 4 is 0 Å². The molecular formula is C10H21NO. The van der Waals surface area contributed by atoms with Crippen molar-refractivity contribution in [2.24, 2.45) is 0 Å². The standard InChI is InChI=1S/C10H21NO/c1-3-4-5-9-8-10(12)6-7-11(9)2/h9-10,12H,3-8H2,1-2H3. The highest BCUT2D eigenvalue weighted by Crippen LogP contribution is 2.19. The van der Waals surface area contributed by atoms with E-state index in [1.165, 1.54) is 19.3 Å². The molecule has 0 amide bonds. The molecule has 0 aromatic heterocycles. The normalized spacial score (nSPS) is 32.2. The summed E-state index contributed by atoms with van der Waals surface area (Å²) >= 11 is 0. The van der Waals surface area contributed by atoms with Gasteiger partial charge in [-0.05, 0) is 26.3 Å². The van der Waals surface area contributed by atoms with E-state index in [4.69, 9.17) is 0 Å². The lowest BCUT2D eigenvalue weighted by molar-refractivity contribution is 0.0516. The zero-order valence-electron chi connectivity index (χ0n) is 8.29. The van der Waals surface area contributed by atoms with Gasteiger partial charge in [0.1, 0.15) is 0 Å². The van der Waals surface area contributed by atoms with Gasteiger partial charge in [0.2, 0.25) is 0 Å². The highest BCUT2D eigenvalue weighted by atomic mass is 16.3. The maximum atomic E-state index is 9.47. The molecule has 2 atom stereocenters. The van der Waals surface area contributed by atoms with Crippen molar-refractivity contribution in [3.05, 3.63) is 0 Å².